The minimum absolute atomic E-state index is 0.297. The van der Waals surface area contributed by atoms with Gasteiger partial charge in [-0.3, -0.25) is 9.78 Å². The van der Waals surface area contributed by atoms with Crippen molar-refractivity contribution in [2.24, 2.45) is 5.73 Å². The lowest BCUT2D eigenvalue weighted by molar-refractivity contribution is 0.0996. The largest absolute Gasteiger partial charge is 0.364 e. The van der Waals surface area contributed by atoms with Crippen molar-refractivity contribution in [1.29, 1.82) is 0 Å². The molecule has 4 heteroatoms. The predicted molar refractivity (Wildman–Crippen MR) is 82.0 cm³/mol. The summed E-state index contributed by atoms with van der Waals surface area (Å²) >= 11 is 0. The molecule has 1 amide bonds. The van der Waals surface area contributed by atoms with Crippen LogP contribution in [0.2, 0.25) is 0 Å². The van der Waals surface area contributed by atoms with Gasteiger partial charge >= 0.3 is 0 Å². The maximum absolute atomic E-state index is 11.5. The lowest BCUT2D eigenvalue weighted by Crippen LogP contribution is -2.14. The van der Waals surface area contributed by atoms with E-state index in [2.05, 4.69) is 16.9 Å². The van der Waals surface area contributed by atoms with Crippen molar-refractivity contribution in [3.63, 3.8) is 0 Å². The molecule has 2 heterocycles. The van der Waals surface area contributed by atoms with Crippen molar-refractivity contribution < 1.29 is 4.79 Å². The number of hydrogen-bond acceptors (Lipinski definition) is 3. The minimum Gasteiger partial charge on any atom is -0.364 e. The van der Waals surface area contributed by atoms with Gasteiger partial charge in [-0.15, -0.1) is 0 Å². The van der Waals surface area contributed by atoms with Crippen LogP contribution in [0.5, 0.6) is 0 Å². The molecule has 0 spiro atoms. The number of carbonyl (C=O) groups is 1. The molecule has 2 aromatic heterocycles. The molecule has 0 saturated carbocycles. The zero-order valence-electron chi connectivity index (χ0n) is 11.7. The van der Waals surface area contributed by atoms with Gasteiger partial charge in [-0.05, 0) is 48.2 Å². The summed E-state index contributed by atoms with van der Waals surface area (Å²) in [4.78, 5) is 19.9. The van der Waals surface area contributed by atoms with Gasteiger partial charge in [0.05, 0.1) is 5.52 Å². The lowest BCUT2D eigenvalue weighted by atomic mass is 9.98. The minimum atomic E-state index is -0.509. The number of pyridine rings is 2. The van der Waals surface area contributed by atoms with Crippen LogP contribution in [0.25, 0.3) is 10.9 Å². The van der Waals surface area contributed by atoms with Crippen LogP contribution in [0.4, 0.5) is 0 Å². The molecule has 2 N–H and O–H groups in total. The Kier molecular flexibility index (Phi) is 3.36. The fourth-order valence-electron chi connectivity index (χ4n) is 2.41. The van der Waals surface area contributed by atoms with Gasteiger partial charge in [0.15, 0.2) is 0 Å². The second-order valence-corrected chi connectivity index (χ2v) is 5.03. The molecule has 104 valence electrons. The zero-order valence-corrected chi connectivity index (χ0v) is 11.7. The van der Waals surface area contributed by atoms with Crippen LogP contribution in [0.1, 0.15) is 27.2 Å². The summed E-state index contributed by atoms with van der Waals surface area (Å²) in [6.45, 7) is 2.05. The number of nitrogens with zero attached hydrogens (tertiary/aromatic N) is 2. The molecule has 4 nitrogen and oxygen atoms in total. The number of aryl methyl sites for hydroxylation is 1. The predicted octanol–water partition coefficient (Wildman–Crippen LogP) is 2.63. The van der Waals surface area contributed by atoms with E-state index in [1.165, 1.54) is 5.56 Å². The quantitative estimate of drug-likeness (QED) is 0.800. The van der Waals surface area contributed by atoms with Gasteiger partial charge in [0.2, 0.25) is 0 Å². The molecule has 0 unspecified atom stereocenters. The van der Waals surface area contributed by atoms with Crippen LogP contribution in [0, 0.1) is 6.92 Å². The van der Waals surface area contributed by atoms with Crippen LogP contribution < -0.4 is 5.73 Å². The van der Waals surface area contributed by atoms with Crippen molar-refractivity contribution in [2.45, 2.75) is 13.3 Å². The zero-order chi connectivity index (χ0) is 14.8. The first-order valence-electron chi connectivity index (χ1n) is 6.73. The van der Waals surface area contributed by atoms with Gasteiger partial charge < -0.3 is 5.73 Å². The number of primary amides is 1. The molecule has 0 fully saturated rings. The van der Waals surface area contributed by atoms with Crippen LogP contribution in [-0.4, -0.2) is 15.9 Å². The van der Waals surface area contributed by atoms with Crippen molar-refractivity contribution in [1.82, 2.24) is 9.97 Å². The molecule has 0 saturated heterocycles. The molecule has 1 aromatic carbocycles. The number of amides is 1. The summed E-state index contributed by atoms with van der Waals surface area (Å²) in [5.74, 6) is -0.509. The highest BCUT2D eigenvalue weighted by atomic mass is 16.1. The molecule has 3 aromatic rings. The molecule has 21 heavy (non-hydrogen) atoms. The molecule has 0 radical (unpaired) electrons. The van der Waals surface area contributed by atoms with Gasteiger partial charge in [0, 0.05) is 17.8 Å². The molecule has 0 aliphatic carbocycles. The topological polar surface area (TPSA) is 68.9 Å². The van der Waals surface area contributed by atoms with E-state index in [1.807, 2.05) is 36.5 Å². The molecule has 3 rings (SSSR count). The number of carbonyl (C=O) groups excluding carboxylic acids is 1. The average Bonchev–Trinajstić information content (AvgIpc) is 2.49. The Hall–Kier alpha value is -2.75. The smallest absolute Gasteiger partial charge is 0.267 e. The Bertz CT molecular complexity index is 827. The van der Waals surface area contributed by atoms with E-state index < -0.39 is 5.91 Å². The van der Waals surface area contributed by atoms with E-state index >= 15 is 0 Å². The highest BCUT2D eigenvalue weighted by Crippen LogP contribution is 2.22. The summed E-state index contributed by atoms with van der Waals surface area (Å²) in [7, 11) is 0. The van der Waals surface area contributed by atoms with E-state index in [4.69, 9.17) is 5.73 Å². The number of aromatic nitrogens is 2. The van der Waals surface area contributed by atoms with Gasteiger partial charge in [-0.1, -0.05) is 18.2 Å². The van der Waals surface area contributed by atoms with Crippen molar-refractivity contribution in [3.8, 4) is 0 Å². The first-order chi connectivity index (χ1) is 10.1. The van der Waals surface area contributed by atoms with E-state index in [0.29, 0.717) is 12.1 Å². The van der Waals surface area contributed by atoms with Crippen LogP contribution in [0.3, 0.4) is 0 Å². The highest BCUT2D eigenvalue weighted by Gasteiger charge is 2.10. The van der Waals surface area contributed by atoms with Crippen LogP contribution in [0.15, 0.2) is 48.8 Å². The first kappa shape index (κ1) is 13.2. The van der Waals surface area contributed by atoms with Gasteiger partial charge in [0.25, 0.3) is 5.91 Å². The summed E-state index contributed by atoms with van der Waals surface area (Å²) in [6, 6.07) is 11.5. The maximum atomic E-state index is 11.5. The van der Waals surface area contributed by atoms with E-state index in [-0.39, 0.29) is 0 Å². The van der Waals surface area contributed by atoms with Crippen LogP contribution in [-0.2, 0) is 6.42 Å². The normalized spacial score (nSPS) is 10.7. The average molecular weight is 277 g/mol. The Morgan fingerprint density at radius 3 is 2.76 bits per heavy atom. The molecule has 0 atom stereocenters. The van der Waals surface area contributed by atoms with Crippen LogP contribution >= 0.6 is 0 Å². The number of rotatable bonds is 3. The number of para-hydroxylation sites is 1. The van der Waals surface area contributed by atoms with E-state index in [0.717, 1.165) is 22.0 Å². The van der Waals surface area contributed by atoms with Gasteiger partial charge in [-0.2, -0.15) is 0 Å². The van der Waals surface area contributed by atoms with E-state index in [9.17, 15) is 4.79 Å². The Morgan fingerprint density at radius 2 is 2.00 bits per heavy atom. The first-order valence-corrected chi connectivity index (χ1v) is 6.73. The molecular weight excluding hydrogens is 262 g/mol. The van der Waals surface area contributed by atoms with E-state index in [1.54, 1.807) is 12.3 Å². The van der Waals surface area contributed by atoms with Crippen molar-refractivity contribution in [2.75, 3.05) is 0 Å². The molecular formula is C17H15N3O. The summed E-state index contributed by atoms with van der Waals surface area (Å²) in [5, 5.41) is 1.03. The third-order valence-electron chi connectivity index (χ3n) is 3.58. The standard InChI is InChI=1S/C17H15N3O/c1-11-6-7-19-10-13(11)8-12-9-16(17(18)21)20-15-5-3-2-4-14(12)15/h2-7,9-10H,8H2,1H3,(H2,18,21). The second-order valence-electron chi connectivity index (χ2n) is 5.03. The summed E-state index contributed by atoms with van der Waals surface area (Å²) in [5.41, 5.74) is 9.80. The summed E-state index contributed by atoms with van der Waals surface area (Å²) in [6.07, 6.45) is 4.33. The number of hydrogen-bond donors (Lipinski definition) is 1. The summed E-state index contributed by atoms with van der Waals surface area (Å²) < 4.78 is 0. The van der Waals surface area contributed by atoms with Gasteiger partial charge in [0.1, 0.15) is 5.69 Å². The van der Waals surface area contributed by atoms with Crippen molar-refractivity contribution >= 4 is 16.8 Å². The molecule has 0 aliphatic rings. The lowest BCUT2D eigenvalue weighted by Gasteiger charge is -2.10. The second kappa shape index (κ2) is 5.32. The Labute approximate surface area is 122 Å². The maximum Gasteiger partial charge on any atom is 0.267 e. The Morgan fingerprint density at radius 1 is 1.19 bits per heavy atom. The monoisotopic (exact) mass is 277 g/mol. The Balaban J connectivity index is 2.16. The number of benzene rings is 1. The van der Waals surface area contributed by atoms with Gasteiger partial charge in [-0.25, -0.2) is 4.98 Å². The fraction of sp³-hybridized carbons (Fsp3) is 0.118. The fourth-order valence-corrected chi connectivity index (χ4v) is 2.41. The third kappa shape index (κ3) is 2.60. The third-order valence-corrected chi connectivity index (χ3v) is 3.58. The SMILES string of the molecule is Cc1ccncc1Cc1cc(C(N)=O)nc2ccccc12. The number of nitrogens with two attached hydrogens (primary N) is 1. The molecule has 0 bridgehead atoms. The highest BCUT2D eigenvalue weighted by molar-refractivity contribution is 5.95. The van der Waals surface area contributed by atoms with Crippen molar-refractivity contribution in [3.05, 3.63) is 71.2 Å². The molecule has 0 aliphatic heterocycles. The number of fused-ring (bicyclic) bond motifs is 1.